The van der Waals surface area contributed by atoms with Crippen molar-refractivity contribution in [2.24, 2.45) is 17.8 Å². The molecule has 1 fully saturated rings. The van der Waals surface area contributed by atoms with Crippen LogP contribution < -0.4 is 0 Å². The molecule has 1 aliphatic heterocycles. The molecule has 9 nitrogen and oxygen atoms in total. The van der Waals surface area contributed by atoms with Crippen LogP contribution in [0.1, 0.15) is 196 Å². The Bertz CT molecular complexity index is 916. The summed E-state index contributed by atoms with van der Waals surface area (Å²) in [6.07, 6.45) is 26.2. The van der Waals surface area contributed by atoms with E-state index in [0.717, 1.165) is 142 Å². The third-order valence-corrected chi connectivity index (χ3v) is 12.1. The number of piperazine rings is 1. The summed E-state index contributed by atoms with van der Waals surface area (Å²) in [5.74, 6) is -0.0543. The van der Waals surface area contributed by atoms with Crippen LogP contribution >= 0.6 is 0 Å². The summed E-state index contributed by atoms with van der Waals surface area (Å²) in [5, 5.41) is 0. The first-order valence-electron chi connectivity index (χ1n) is 24.5. The molecule has 0 aromatic heterocycles. The number of rotatable bonds is 39. The molecule has 0 amide bonds. The maximum Gasteiger partial charge on any atom is 0.308 e. The Balaban J connectivity index is 2.70. The molecule has 0 spiro atoms. The predicted octanol–water partition coefficient (Wildman–Crippen LogP) is 10.9. The lowest BCUT2D eigenvalue weighted by Gasteiger charge is -2.35. The number of carbonyl (C=O) groups excluding carboxylic acids is 3. The highest BCUT2D eigenvalue weighted by atomic mass is 16.5. The Labute approximate surface area is 352 Å². The summed E-state index contributed by atoms with van der Waals surface area (Å²) in [7, 11) is 0. The Hall–Kier alpha value is -1.71. The van der Waals surface area contributed by atoms with Gasteiger partial charge < -0.3 is 14.2 Å². The van der Waals surface area contributed by atoms with Crippen LogP contribution in [0.15, 0.2) is 0 Å². The molecule has 1 rings (SSSR count). The van der Waals surface area contributed by atoms with Crippen molar-refractivity contribution in [3.8, 4) is 0 Å². The van der Waals surface area contributed by atoms with E-state index in [-0.39, 0.29) is 35.7 Å². The Morgan fingerprint density at radius 3 is 1.07 bits per heavy atom. The second kappa shape index (κ2) is 37.3. The standard InChI is InChI=1S/C48H93N3O6/c1-7-13-19-22-28-43(25-16-10-4)46(52)55-40-37-50-34-31-49(32-35-50)33-36-51(38-41-56-47(53)44(26-17-11-5)29-23-20-14-8-2)39-42-57-48(54)45(27-18-12-6)30-24-21-15-9-3/h43-45H,7-42H2,1-6H3. The summed E-state index contributed by atoms with van der Waals surface area (Å²) in [5.41, 5.74) is 0. The van der Waals surface area contributed by atoms with Crippen molar-refractivity contribution in [3.63, 3.8) is 0 Å². The molecule has 0 N–H and O–H groups in total. The number of hydrogen-bond donors (Lipinski definition) is 0. The van der Waals surface area contributed by atoms with Gasteiger partial charge in [-0.15, -0.1) is 0 Å². The van der Waals surface area contributed by atoms with Crippen molar-refractivity contribution in [2.75, 3.05) is 78.7 Å². The van der Waals surface area contributed by atoms with Gasteiger partial charge in [-0.25, -0.2) is 0 Å². The average molecular weight is 808 g/mol. The number of esters is 3. The molecule has 1 heterocycles. The first kappa shape index (κ1) is 53.3. The minimum absolute atomic E-state index is 0.00180. The Morgan fingerprint density at radius 1 is 0.404 bits per heavy atom. The van der Waals surface area contributed by atoms with Gasteiger partial charge in [0.1, 0.15) is 19.8 Å². The van der Waals surface area contributed by atoms with Gasteiger partial charge in [-0.3, -0.25) is 29.1 Å². The van der Waals surface area contributed by atoms with Gasteiger partial charge in [0.15, 0.2) is 0 Å². The summed E-state index contributed by atoms with van der Waals surface area (Å²) in [6, 6.07) is 0. The topological polar surface area (TPSA) is 88.6 Å². The first-order chi connectivity index (χ1) is 27.8. The first-order valence-corrected chi connectivity index (χ1v) is 24.5. The van der Waals surface area contributed by atoms with Crippen LogP contribution in [0.25, 0.3) is 0 Å². The lowest BCUT2D eigenvalue weighted by atomic mass is 9.95. The molecular formula is C48H93N3O6. The van der Waals surface area contributed by atoms with Crippen molar-refractivity contribution in [1.29, 1.82) is 0 Å². The molecule has 3 unspecified atom stereocenters. The van der Waals surface area contributed by atoms with Crippen LogP contribution in [0, 0.1) is 17.8 Å². The van der Waals surface area contributed by atoms with E-state index >= 15 is 0 Å². The van der Waals surface area contributed by atoms with Gasteiger partial charge in [-0.2, -0.15) is 0 Å². The highest BCUT2D eigenvalue weighted by Crippen LogP contribution is 2.22. The highest BCUT2D eigenvalue weighted by molar-refractivity contribution is 5.73. The Morgan fingerprint density at radius 2 is 0.719 bits per heavy atom. The van der Waals surface area contributed by atoms with E-state index in [2.05, 4.69) is 56.2 Å². The second-order valence-corrected chi connectivity index (χ2v) is 17.1. The minimum atomic E-state index is -0.0431. The van der Waals surface area contributed by atoms with Crippen LogP contribution in [0.4, 0.5) is 0 Å². The molecule has 0 aromatic rings. The molecule has 0 saturated carbocycles. The fourth-order valence-corrected chi connectivity index (χ4v) is 7.98. The van der Waals surface area contributed by atoms with E-state index in [9.17, 15) is 14.4 Å². The predicted molar refractivity (Wildman–Crippen MR) is 238 cm³/mol. The van der Waals surface area contributed by atoms with E-state index in [0.29, 0.717) is 32.9 Å². The van der Waals surface area contributed by atoms with E-state index < -0.39 is 0 Å². The van der Waals surface area contributed by atoms with Crippen LogP contribution in [-0.2, 0) is 28.6 Å². The molecule has 9 heteroatoms. The van der Waals surface area contributed by atoms with Crippen molar-refractivity contribution in [1.82, 2.24) is 14.7 Å². The third kappa shape index (κ3) is 27.6. The molecule has 3 atom stereocenters. The van der Waals surface area contributed by atoms with Gasteiger partial charge in [0, 0.05) is 58.9 Å². The average Bonchev–Trinajstić information content (AvgIpc) is 3.22. The monoisotopic (exact) mass is 808 g/mol. The highest BCUT2D eigenvalue weighted by Gasteiger charge is 2.24. The summed E-state index contributed by atoms with van der Waals surface area (Å²) in [4.78, 5) is 46.6. The van der Waals surface area contributed by atoms with Gasteiger partial charge in [-0.05, 0) is 38.5 Å². The van der Waals surface area contributed by atoms with Crippen LogP contribution in [0.5, 0.6) is 0 Å². The van der Waals surface area contributed by atoms with Crippen molar-refractivity contribution >= 4 is 17.9 Å². The number of unbranched alkanes of at least 4 members (excludes halogenated alkanes) is 12. The SMILES string of the molecule is CCCCCCC(CCCC)C(=O)OCCN(CCOC(=O)C(CCCC)CCCCCC)CCN1CCN(CCOC(=O)C(CCCC)CCCCCC)CC1. The smallest absolute Gasteiger partial charge is 0.308 e. The molecule has 0 aromatic carbocycles. The lowest BCUT2D eigenvalue weighted by molar-refractivity contribution is -0.151. The molecular weight excluding hydrogens is 715 g/mol. The fraction of sp³-hybridized carbons (Fsp3) is 0.938. The molecule has 1 aliphatic rings. The summed E-state index contributed by atoms with van der Waals surface area (Å²) in [6.45, 7) is 22.1. The van der Waals surface area contributed by atoms with E-state index in [4.69, 9.17) is 14.2 Å². The van der Waals surface area contributed by atoms with Gasteiger partial charge in [0.2, 0.25) is 0 Å². The lowest BCUT2D eigenvalue weighted by Crippen LogP contribution is -2.49. The minimum Gasteiger partial charge on any atom is -0.464 e. The van der Waals surface area contributed by atoms with Gasteiger partial charge in [0.05, 0.1) is 17.8 Å². The zero-order valence-electron chi connectivity index (χ0n) is 38.5. The van der Waals surface area contributed by atoms with Crippen molar-refractivity contribution < 1.29 is 28.6 Å². The summed E-state index contributed by atoms with van der Waals surface area (Å²) < 4.78 is 17.7. The van der Waals surface area contributed by atoms with Gasteiger partial charge >= 0.3 is 17.9 Å². The summed E-state index contributed by atoms with van der Waals surface area (Å²) >= 11 is 0. The van der Waals surface area contributed by atoms with E-state index in [1.807, 2.05) is 0 Å². The van der Waals surface area contributed by atoms with Crippen LogP contribution in [0.2, 0.25) is 0 Å². The maximum atomic E-state index is 13.2. The van der Waals surface area contributed by atoms with Gasteiger partial charge in [-0.1, -0.05) is 157 Å². The quantitative estimate of drug-likeness (QED) is 0.0342. The normalized spacial score (nSPS) is 15.4. The number of nitrogens with zero attached hydrogens (tertiary/aromatic N) is 3. The number of carbonyl (C=O) groups is 3. The van der Waals surface area contributed by atoms with Crippen LogP contribution in [0.3, 0.4) is 0 Å². The molecule has 57 heavy (non-hydrogen) atoms. The molecule has 336 valence electrons. The van der Waals surface area contributed by atoms with E-state index in [1.54, 1.807) is 0 Å². The van der Waals surface area contributed by atoms with Gasteiger partial charge in [0.25, 0.3) is 0 Å². The largest absolute Gasteiger partial charge is 0.464 e. The Kier molecular flexibility index (Phi) is 34.9. The third-order valence-electron chi connectivity index (χ3n) is 12.1. The van der Waals surface area contributed by atoms with Crippen LogP contribution in [-0.4, -0.2) is 111 Å². The second-order valence-electron chi connectivity index (χ2n) is 17.1. The van der Waals surface area contributed by atoms with Crippen molar-refractivity contribution in [3.05, 3.63) is 0 Å². The number of hydrogen-bond acceptors (Lipinski definition) is 9. The van der Waals surface area contributed by atoms with E-state index in [1.165, 1.54) is 57.8 Å². The van der Waals surface area contributed by atoms with Crippen molar-refractivity contribution in [2.45, 2.75) is 196 Å². The molecule has 0 radical (unpaired) electrons. The fourth-order valence-electron chi connectivity index (χ4n) is 7.98. The zero-order valence-corrected chi connectivity index (χ0v) is 38.5. The molecule has 0 aliphatic carbocycles. The maximum absolute atomic E-state index is 13.2. The molecule has 1 saturated heterocycles. The number of ether oxygens (including phenoxy) is 3. The zero-order chi connectivity index (χ0) is 41.8. The molecule has 0 bridgehead atoms.